The number of halogens is 2. The van der Waals surface area contributed by atoms with Gasteiger partial charge in [0.2, 0.25) is 5.91 Å². The molecule has 1 amide bonds. The Kier molecular flexibility index (Phi) is 2.45. The van der Waals surface area contributed by atoms with Crippen molar-refractivity contribution in [2.75, 3.05) is 6.54 Å². The number of alkyl halides is 2. The normalized spacial score (nSPS) is 31.8. The maximum Gasteiger partial charge on any atom is 0.226 e. The molecular weight excluding hydrogens is 225 g/mol. The van der Waals surface area contributed by atoms with E-state index in [9.17, 15) is 9.90 Å². The van der Waals surface area contributed by atoms with Crippen molar-refractivity contribution < 1.29 is 9.90 Å². The Bertz CT molecular complexity index is 264. The highest BCUT2D eigenvalue weighted by Gasteiger charge is 2.56. The summed E-state index contributed by atoms with van der Waals surface area (Å²) in [4.78, 5) is 11.4. The Balaban J connectivity index is 1.74. The number of hydrogen-bond acceptors (Lipinski definition) is 2. The quantitative estimate of drug-likeness (QED) is 0.726. The van der Waals surface area contributed by atoms with E-state index in [0.29, 0.717) is 13.0 Å². The van der Waals surface area contributed by atoms with E-state index in [1.165, 1.54) is 0 Å². The highest BCUT2D eigenvalue weighted by Crippen LogP contribution is 2.53. The first-order valence-electron chi connectivity index (χ1n) is 4.81. The Labute approximate surface area is 92.8 Å². The van der Waals surface area contributed by atoms with E-state index < -0.39 is 9.93 Å². The van der Waals surface area contributed by atoms with Gasteiger partial charge in [-0.3, -0.25) is 4.79 Å². The molecule has 14 heavy (non-hydrogen) atoms. The molecule has 5 heteroatoms. The van der Waals surface area contributed by atoms with Gasteiger partial charge in [0, 0.05) is 6.54 Å². The monoisotopic (exact) mass is 237 g/mol. The molecule has 0 bridgehead atoms. The lowest BCUT2D eigenvalue weighted by Gasteiger charge is -2.36. The molecule has 0 aromatic carbocycles. The lowest BCUT2D eigenvalue weighted by atomic mass is 9.80. The van der Waals surface area contributed by atoms with Crippen LogP contribution in [0, 0.1) is 5.92 Å². The number of rotatable bonds is 3. The second-order valence-corrected chi connectivity index (χ2v) is 5.86. The van der Waals surface area contributed by atoms with Crippen LogP contribution in [0.15, 0.2) is 0 Å². The maximum absolute atomic E-state index is 11.4. The number of amides is 1. The molecule has 2 rings (SSSR count). The Morgan fingerprint density at radius 2 is 2.07 bits per heavy atom. The largest absolute Gasteiger partial charge is 0.388 e. The smallest absolute Gasteiger partial charge is 0.226 e. The van der Waals surface area contributed by atoms with Crippen LogP contribution in [0.1, 0.15) is 25.7 Å². The van der Waals surface area contributed by atoms with Crippen molar-refractivity contribution in [1.82, 2.24) is 5.32 Å². The zero-order chi connectivity index (χ0) is 10.4. The van der Waals surface area contributed by atoms with E-state index in [1.807, 2.05) is 0 Å². The van der Waals surface area contributed by atoms with Crippen molar-refractivity contribution >= 4 is 29.1 Å². The molecule has 1 unspecified atom stereocenters. The van der Waals surface area contributed by atoms with Crippen molar-refractivity contribution in [3.63, 3.8) is 0 Å². The first-order chi connectivity index (χ1) is 6.43. The molecule has 0 saturated heterocycles. The fourth-order valence-corrected chi connectivity index (χ4v) is 2.14. The van der Waals surface area contributed by atoms with Crippen LogP contribution in [0.2, 0.25) is 0 Å². The van der Waals surface area contributed by atoms with Gasteiger partial charge >= 0.3 is 0 Å². The third-order valence-electron chi connectivity index (χ3n) is 3.02. The van der Waals surface area contributed by atoms with Gasteiger partial charge in [-0.1, -0.05) is 0 Å². The van der Waals surface area contributed by atoms with E-state index in [-0.39, 0.29) is 11.8 Å². The topological polar surface area (TPSA) is 49.3 Å². The van der Waals surface area contributed by atoms with Gasteiger partial charge in [-0.2, -0.15) is 0 Å². The Morgan fingerprint density at radius 3 is 2.43 bits per heavy atom. The molecule has 0 aliphatic heterocycles. The Morgan fingerprint density at radius 1 is 1.50 bits per heavy atom. The molecule has 2 aliphatic rings. The molecule has 80 valence electrons. The fourth-order valence-electron chi connectivity index (χ4n) is 1.63. The first kappa shape index (κ1) is 10.5. The lowest BCUT2D eigenvalue weighted by molar-refractivity contribution is -0.124. The minimum absolute atomic E-state index is 0.143. The first-order valence-corrected chi connectivity index (χ1v) is 5.56. The molecule has 0 aromatic heterocycles. The minimum atomic E-state index is -0.869. The van der Waals surface area contributed by atoms with Gasteiger partial charge in [-0.25, -0.2) is 0 Å². The zero-order valence-corrected chi connectivity index (χ0v) is 9.24. The summed E-state index contributed by atoms with van der Waals surface area (Å²) in [5.74, 6) is -0.440. The molecule has 2 N–H and O–H groups in total. The standard InChI is InChI=1S/C9H13Cl2NO2/c10-9(11)4-6(9)7(13)12-5-8(14)2-1-3-8/h6,14H,1-5H2,(H,12,13). The average molecular weight is 238 g/mol. The molecule has 0 radical (unpaired) electrons. The molecule has 0 aromatic rings. The van der Waals surface area contributed by atoms with Crippen molar-refractivity contribution in [3.05, 3.63) is 0 Å². The van der Waals surface area contributed by atoms with Crippen LogP contribution in [-0.4, -0.2) is 27.5 Å². The third kappa shape index (κ3) is 2.00. The minimum Gasteiger partial charge on any atom is -0.388 e. The van der Waals surface area contributed by atoms with Gasteiger partial charge in [0.15, 0.2) is 0 Å². The van der Waals surface area contributed by atoms with Crippen LogP contribution < -0.4 is 5.32 Å². The molecular formula is C9H13Cl2NO2. The van der Waals surface area contributed by atoms with Gasteiger partial charge in [0.1, 0.15) is 4.33 Å². The molecule has 2 aliphatic carbocycles. The third-order valence-corrected chi connectivity index (χ3v) is 3.85. The number of nitrogens with one attached hydrogen (secondary N) is 1. The van der Waals surface area contributed by atoms with E-state index >= 15 is 0 Å². The summed E-state index contributed by atoms with van der Waals surface area (Å²) in [6.45, 7) is 0.326. The van der Waals surface area contributed by atoms with Crippen molar-refractivity contribution in [1.29, 1.82) is 0 Å². The highest BCUT2D eigenvalue weighted by atomic mass is 35.5. The molecule has 1 atom stereocenters. The van der Waals surface area contributed by atoms with Crippen LogP contribution in [-0.2, 0) is 4.79 Å². The van der Waals surface area contributed by atoms with Crippen LogP contribution in [0.25, 0.3) is 0 Å². The van der Waals surface area contributed by atoms with E-state index in [0.717, 1.165) is 19.3 Å². The summed E-state index contributed by atoms with van der Waals surface area (Å²) in [6.07, 6.45) is 3.08. The summed E-state index contributed by atoms with van der Waals surface area (Å²) < 4.78 is -0.869. The van der Waals surface area contributed by atoms with Crippen molar-refractivity contribution in [3.8, 4) is 0 Å². The summed E-state index contributed by atoms with van der Waals surface area (Å²) >= 11 is 11.5. The van der Waals surface area contributed by atoms with Crippen LogP contribution in [0.5, 0.6) is 0 Å². The van der Waals surface area contributed by atoms with Gasteiger partial charge in [0.05, 0.1) is 11.5 Å². The second-order valence-electron chi connectivity index (χ2n) is 4.31. The number of carbonyl (C=O) groups excluding carboxylic acids is 1. The van der Waals surface area contributed by atoms with Gasteiger partial charge in [-0.05, 0) is 25.7 Å². The highest BCUT2D eigenvalue weighted by molar-refractivity contribution is 6.52. The van der Waals surface area contributed by atoms with Crippen LogP contribution in [0.4, 0.5) is 0 Å². The molecule has 2 saturated carbocycles. The van der Waals surface area contributed by atoms with E-state index in [4.69, 9.17) is 23.2 Å². The maximum atomic E-state index is 11.4. The SMILES string of the molecule is O=C(NCC1(O)CCC1)C1CC1(Cl)Cl. The lowest BCUT2D eigenvalue weighted by Crippen LogP contribution is -2.48. The van der Waals surface area contributed by atoms with E-state index in [2.05, 4.69) is 5.32 Å². The predicted octanol–water partition coefficient (Wildman–Crippen LogP) is 1.21. The summed E-state index contributed by atoms with van der Waals surface area (Å²) in [7, 11) is 0. The number of aliphatic hydroxyl groups is 1. The van der Waals surface area contributed by atoms with Gasteiger partial charge in [0.25, 0.3) is 0 Å². The predicted molar refractivity (Wildman–Crippen MR) is 54.4 cm³/mol. The summed E-state index contributed by atoms with van der Waals surface area (Å²) in [6, 6.07) is 0. The van der Waals surface area contributed by atoms with Crippen LogP contribution in [0.3, 0.4) is 0 Å². The Hall–Kier alpha value is 0.01000. The van der Waals surface area contributed by atoms with Gasteiger partial charge in [-0.15, -0.1) is 23.2 Å². The fraction of sp³-hybridized carbons (Fsp3) is 0.889. The van der Waals surface area contributed by atoms with Crippen molar-refractivity contribution in [2.24, 2.45) is 5.92 Å². The second kappa shape index (κ2) is 3.26. The van der Waals surface area contributed by atoms with Gasteiger partial charge < -0.3 is 10.4 Å². The van der Waals surface area contributed by atoms with Crippen molar-refractivity contribution in [2.45, 2.75) is 35.6 Å². The zero-order valence-electron chi connectivity index (χ0n) is 7.72. The van der Waals surface area contributed by atoms with Crippen LogP contribution >= 0.6 is 23.2 Å². The molecule has 0 heterocycles. The molecule has 2 fully saturated rings. The summed E-state index contributed by atoms with van der Waals surface area (Å²) in [5, 5.41) is 12.4. The number of carbonyl (C=O) groups is 1. The molecule has 0 spiro atoms. The average Bonchev–Trinajstić information content (AvgIpc) is 2.68. The molecule has 3 nitrogen and oxygen atoms in total. The van der Waals surface area contributed by atoms with E-state index in [1.54, 1.807) is 0 Å². The number of hydrogen-bond donors (Lipinski definition) is 2. The summed E-state index contributed by atoms with van der Waals surface area (Å²) in [5.41, 5.74) is -0.675.